The van der Waals surface area contributed by atoms with Gasteiger partial charge >= 0.3 is 0 Å². The SMILES string of the molecule is C[C@H]1CCC[C@H](O[C@@H](C)C(=O)NCC[C@@H]2CCCO2)C1. The van der Waals surface area contributed by atoms with Crippen molar-refractivity contribution in [2.24, 2.45) is 5.92 Å². The van der Waals surface area contributed by atoms with Crippen LogP contribution in [0.5, 0.6) is 0 Å². The molecule has 0 aromatic heterocycles. The lowest BCUT2D eigenvalue weighted by atomic mass is 9.88. The first-order chi connectivity index (χ1) is 9.65. The highest BCUT2D eigenvalue weighted by Gasteiger charge is 2.24. The molecule has 1 N–H and O–H groups in total. The van der Waals surface area contributed by atoms with Gasteiger partial charge in [-0.15, -0.1) is 0 Å². The molecule has 116 valence electrons. The van der Waals surface area contributed by atoms with Gasteiger partial charge in [-0.05, 0) is 44.9 Å². The van der Waals surface area contributed by atoms with Gasteiger partial charge in [-0.25, -0.2) is 0 Å². The quantitative estimate of drug-likeness (QED) is 0.815. The van der Waals surface area contributed by atoms with Crippen LogP contribution in [-0.2, 0) is 14.3 Å². The zero-order valence-electron chi connectivity index (χ0n) is 12.9. The molecule has 1 heterocycles. The molecule has 1 amide bonds. The first kappa shape index (κ1) is 15.8. The van der Waals surface area contributed by atoms with E-state index in [-0.39, 0.29) is 18.1 Å². The minimum atomic E-state index is -0.338. The van der Waals surface area contributed by atoms with Gasteiger partial charge in [-0.1, -0.05) is 19.8 Å². The molecule has 4 nitrogen and oxygen atoms in total. The van der Waals surface area contributed by atoms with Crippen LogP contribution in [0.1, 0.15) is 58.8 Å². The Morgan fingerprint density at radius 1 is 1.35 bits per heavy atom. The molecular weight excluding hydrogens is 254 g/mol. The van der Waals surface area contributed by atoms with E-state index in [0.717, 1.165) is 44.6 Å². The van der Waals surface area contributed by atoms with Crippen molar-refractivity contribution in [1.82, 2.24) is 5.32 Å². The van der Waals surface area contributed by atoms with Crippen LogP contribution in [0, 0.1) is 5.92 Å². The van der Waals surface area contributed by atoms with Gasteiger partial charge in [0.05, 0.1) is 12.2 Å². The number of amides is 1. The molecule has 2 fully saturated rings. The Morgan fingerprint density at radius 2 is 2.20 bits per heavy atom. The highest BCUT2D eigenvalue weighted by Crippen LogP contribution is 2.26. The minimum absolute atomic E-state index is 0.0150. The first-order valence-electron chi connectivity index (χ1n) is 8.20. The maximum atomic E-state index is 12.0. The van der Waals surface area contributed by atoms with Gasteiger partial charge in [0.1, 0.15) is 6.10 Å². The molecule has 1 aliphatic carbocycles. The number of nitrogens with one attached hydrogen (secondary N) is 1. The number of rotatable bonds is 6. The fraction of sp³-hybridized carbons (Fsp3) is 0.938. The standard InChI is InChI=1S/C16H29NO3/c1-12-5-3-6-15(11-12)20-13(2)16(18)17-9-8-14-7-4-10-19-14/h12-15H,3-11H2,1-2H3,(H,17,18)/t12-,13-,14-,15-/m0/s1. The molecule has 2 rings (SSSR count). The second kappa shape index (κ2) is 7.99. The predicted molar refractivity (Wildman–Crippen MR) is 78.6 cm³/mol. The van der Waals surface area contributed by atoms with Crippen molar-refractivity contribution >= 4 is 5.91 Å². The van der Waals surface area contributed by atoms with E-state index in [1.54, 1.807) is 0 Å². The maximum absolute atomic E-state index is 12.0. The van der Waals surface area contributed by atoms with Crippen molar-refractivity contribution in [3.63, 3.8) is 0 Å². The lowest BCUT2D eigenvalue weighted by Gasteiger charge is -2.29. The molecule has 0 aromatic rings. The summed E-state index contributed by atoms with van der Waals surface area (Å²) in [6, 6.07) is 0. The average molecular weight is 283 g/mol. The van der Waals surface area contributed by atoms with Crippen molar-refractivity contribution in [2.45, 2.75) is 77.1 Å². The number of hydrogen-bond acceptors (Lipinski definition) is 3. The molecule has 1 aliphatic heterocycles. The number of hydrogen-bond donors (Lipinski definition) is 1. The fourth-order valence-corrected chi connectivity index (χ4v) is 3.22. The van der Waals surface area contributed by atoms with Crippen LogP contribution in [0.2, 0.25) is 0 Å². The Labute approximate surface area is 122 Å². The molecule has 2 aliphatic rings. The summed E-state index contributed by atoms with van der Waals surface area (Å²) in [6.45, 7) is 5.69. The van der Waals surface area contributed by atoms with Crippen molar-refractivity contribution in [3.05, 3.63) is 0 Å². The van der Waals surface area contributed by atoms with E-state index in [9.17, 15) is 4.79 Å². The van der Waals surface area contributed by atoms with Crippen LogP contribution in [0.15, 0.2) is 0 Å². The van der Waals surface area contributed by atoms with E-state index >= 15 is 0 Å². The van der Waals surface area contributed by atoms with E-state index in [4.69, 9.17) is 9.47 Å². The second-order valence-corrected chi connectivity index (χ2v) is 6.39. The third kappa shape index (κ3) is 5.06. The van der Waals surface area contributed by atoms with E-state index in [2.05, 4.69) is 12.2 Å². The molecule has 4 heteroatoms. The monoisotopic (exact) mass is 283 g/mol. The van der Waals surface area contributed by atoms with E-state index in [0.29, 0.717) is 12.6 Å². The lowest BCUT2D eigenvalue weighted by Crippen LogP contribution is -2.38. The summed E-state index contributed by atoms with van der Waals surface area (Å²) in [7, 11) is 0. The summed E-state index contributed by atoms with van der Waals surface area (Å²) in [5.41, 5.74) is 0. The van der Waals surface area contributed by atoms with Crippen LogP contribution >= 0.6 is 0 Å². The Balaban J connectivity index is 1.61. The van der Waals surface area contributed by atoms with Crippen LogP contribution in [0.3, 0.4) is 0 Å². The fourth-order valence-electron chi connectivity index (χ4n) is 3.22. The first-order valence-corrected chi connectivity index (χ1v) is 8.20. The Hall–Kier alpha value is -0.610. The van der Waals surface area contributed by atoms with Crippen LogP contribution < -0.4 is 5.32 Å². The summed E-state index contributed by atoms with van der Waals surface area (Å²) in [6.07, 6.45) is 8.16. The summed E-state index contributed by atoms with van der Waals surface area (Å²) in [5.74, 6) is 0.741. The number of carbonyl (C=O) groups excluding carboxylic acids is 1. The van der Waals surface area contributed by atoms with E-state index in [1.165, 1.54) is 12.8 Å². The highest BCUT2D eigenvalue weighted by molar-refractivity contribution is 5.80. The van der Waals surface area contributed by atoms with Gasteiger partial charge in [-0.2, -0.15) is 0 Å². The smallest absolute Gasteiger partial charge is 0.248 e. The largest absolute Gasteiger partial charge is 0.378 e. The van der Waals surface area contributed by atoms with Crippen molar-refractivity contribution in [3.8, 4) is 0 Å². The van der Waals surface area contributed by atoms with Gasteiger partial charge in [0.15, 0.2) is 0 Å². The van der Waals surface area contributed by atoms with E-state index in [1.807, 2.05) is 6.92 Å². The van der Waals surface area contributed by atoms with Gasteiger partial charge in [0.2, 0.25) is 5.91 Å². The summed E-state index contributed by atoms with van der Waals surface area (Å²) in [4.78, 5) is 12.0. The van der Waals surface area contributed by atoms with Gasteiger partial charge in [0.25, 0.3) is 0 Å². The van der Waals surface area contributed by atoms with Crippen molar-refractivity contribution < 1.29 is 14.3 Å². The molecule has 0 spiro atoms. The van der Waals surface area contributed by atoms with Crippen LogP contribution in [0.4, 0.5) is 0 Å². The molecule has 4 atom stereocenters. The third-order valence-corrected chi connectivity index (χ3v) is 4.44. The molecule has 0 bridgehead atoms. The van der Waals surface area contributed by atoms with Gasteiger partial charge in [-0.3, -0.25) is 4.79 Å². The topological polar surface area (TPSA) is 47.6 Å². The molecule has 0 unspecified atom stereocenters. The van der Waals surface area contributed by atoms with Crippen LogP contribution in [0.25, 0.3) is 0 Å². The summed E-state index contributed by atoms with van der Waals surface area (Å²) < 4.78 is 11.4. The molecule has 1 saturated heterocycles. The molecule has 0 aromatic carbocycles. The molecule has 0 radical (unpaired) electrons. The van der Waals surface area contributed by atoms with E-state index < -0.39 is 0 Å². The van der Waals surface area contributed by atoms with Gasteiger partial charge < -0.3 is 14.8 Å². The third-order valence-electron chi connectivity index (χ3n) is 4.44. The van der Waals surface area contributed by atoms with Gasteiger partial charge in [0, 0.05) is 13.2 Å². The second-order valence-electron chi connectivity index (χ2n) is 6.39. The Bertz CT molecular complexity index is 302. The highest BCUT2D eigenvalue weighted by atomic mass is 16.5. The molecular formula is C16H29NO3. The normalized spacial score (nSPS) is 32.0. The predicted octanol–water partition coefficient (Wildman–Crippen LogP) is 2.66. The summed E-state index contributed by atoms with van der Waals surface area (Å²) >= 11 is 0. The Morgan fingerprint density at radius 3 is 2.90 bits per heavy atom. The number of ether oxygens (including phenoxy) is 2. The summed E-state index contributed by atoms with van der Waals surface area (Å²) in [5, 5.41) is 2.97. The van der Waals surface area contributed by atoms with Crippen molar-refractivity contribution in [1.29, 1.82) is 0 Å². The molecule has 20 heavy (non-hydrogen) atoms. The lowest BCUT2D eigenvalue weighted by molar-refractivity contribution is -0.137. The van der Waals surface area contributed by atoms with Crippen molar-refractivity contribution in [2.75, 3.05) is 13.2 Å². The zero-order valence-corrected chi connectivity index (χ0v) is 12.9. The number of carbonyl (C=O) groups is 1. The Kier molecular flexibility index (Phi) is 6.30. The zero-order chi connectivity index (χ0) is 14.4. The molecule has 1 saturated carbocycles. The minimum Gasteiger partial charge on any atom is -0.378 e. The maximum Gasteiger partial charge on any atom is 0.248 e. The average Bonchev–Trinajstić information content (AvgIpc) is 2.91. The van der Waals surface area contributed by atoms with Crippen LogP contribution in [-0.4, -0.2) is 37.4 Å².